The monoisotopic (exact) mass is 394 g/mol. The van der Waals surface area contributed by atoms with E-state index >= 15 is 0 Å². The summed E-state index contributed by atoms with van der Waals surface area (Å²) >= 11 is 4.70. The smallest absolute Gasteiger partial charge is 0.249 e. The molecule has 1 unspecified atom stereocenters. The lowest BCUT2D eigenvalue weighted by molar-refractivity contribution is -0.134. The molecule has 1 aromatic heterocycles. The predicted molar refractivity (Wildman–Crippen MR) is 92.1 cm³/mol. The molecular weight excluding hydrogens is 380 g/mol. The first kappa shape index (κ1) is 16.1. The first-order chi connectivity index (χ1) is 11.0. The number of carbonyl (C=O) groups is 2. The molecule has 2 amide bonds. The summed E-state index contributed by atoms with van der Waals surface area (Å²) in [6.45, 7) is 2.12. The lowest BCUT2D eigenvalue weighted by Gasteiger charge is -2.21. The fraction of sp³-hybridized carbons (Fsp3) is 0.333. The largest absolute Gasteiger partial charge is 0.331 e. The average molecular weight is 395 g/mol. The van der Waals surface area contributed by atoms with Gasteiger partial charge in [0.2, 0.25) is 16.9 Å². The molecule has 0 spiro atoms. The van der Waals surface area contributed by atoms with Crippen molar-refractivity contribution in [2.45, 2.75) is 25.8 Å². The molecule has 8 heteroatoms. The van der Waals surface area contributed by atoms with Gasteiger partial charge in [-0.25, -0.2) is 0 Å². The van der Waals surface area contributed by atoms with Crippen molar-refractivity contribution in [2.75, 3.05) is 11.9 Å². The molecule has 1 aromatic carbocycles. The normalized spacial score (nSPS) is 17.3. The van der Waals surface area contributed by atoms with Gasteiger partial charge < -0.3 is 4.90 Å². The Hall–Kier alpha value is -1.80. The number of amides is 2. The molecule has 3 rings (SSSR count). The van der Waals surface area contributed by atoms with Crippen LogP contribution in [0, 0.1) is 0 Å². The van der Waals surface area contributed by atoms with Crippen LogP contribution in [0.1, 0.15) is 19.8 Å². The minimum Gasteiger partial charge on any atom is -0.331 e. The van der Waals surface area contributed by atoms with Crippen molar-refractivity contribution < 1.29 is 9.59 Å². The Labute approximate surface area is 146 Å². The third kappa shape index (κ3) is 3.59. The number of nitrogens with zero attached hydrogens (tertiary/aromatic N) is 3. The molecular formula is C15H15BrN4O2S. The third-order valence-electron chi connectivity index (χ3n) is 3.71. The van der Waals surface area contributed by atoms with Gasteiger partial charge >= 0.3 is 0 Å². The number of hydrogen-bond donors (Lipinski definition) is 1. The summed E-state index contributed by atoms with van der Waals surface area (Å²) in [5.74, 6) is -0.272. The van der Waals surface area contributed by atoms with Crippen LogP contribution in [-0.4, -0.2) is 39.5 Å². The highest BCUT2D eigenvalue weighted by Crippen LogP contribution is 2.28. The highest BCUT2D eigenvalue weighted by atomic mass is 79.9. The molecule has 2 aromatic rings. The Balaban J connectivity index is 1.70. The quantitative estimate of drug-likeness (QED) is 0.867. The van der Waals surface area contributed by atoms with Crippen LogP contribution in [0.5, 0.6) is 0 Å². The van der Waals surface area contributed by atoms with E-state index in [1.54, 1.807) is 4.90 Å². The average Bonchev–Trinajstić information content (AvgIpc) is 3.16. The van der Waals surface area contributed by atoms with Gasteiger partial charge in [-0.1, -0.05) is 39.4 Å². The van der Waals surface area contributed by atoms with E-state index < -0.39 is 6.04 Å². The van der Waals surface area contributed by atoms with Crippen molar-refractivity contribution in [3.63, 3.8) is 0 Å². The lowest BCUT2D eigenvalue weighted by Crippen LogP contribution is -2.42. The van der Waals surface area contributed by atoms with Gasteiger partial charge in [-0.05, 0) is 25.0 Å². The van der Waals surface area contributed by atoms with E-state index in [-0.39, 0.29) is 11.8 Å². The fourth-order valence-electron chi connectivity index (χ4n) is 2.59. The molecule has 23 heavy (non-hydrogen) atoms. The van der Waals surface area contributed by atoms with E-state index in [4.69, 9.17) is 0 Å². The number of aromatic nitrogens is 2. The van der Waals surface area contributed by atoms with Crippen LogP contribution < -0.4 is 5.32 Å². The van der Waals surface area contributed by atoms with Gasteiger partial charge in [0.05, 0.1) is 0 Å². The topological polar surface area (TPSA) is 75.2 Å². The zero-order valence-corrected chi connectivity index (χ0v) is 14.9. The Kier molecular flexibility index (Phi) is 4.72. The summed E-state index contributed by atoms with van der Waals surface area (Å²) in [6, 6.07) is 7.32. The number of hydrogen-bond acceptors (Lipinski definition) is 5. The second kappa shape index (κ2) is 6.76. The second-order valence-corrected chi connectivity index (χ2v) is 7.17. The molecule has 1 N–H and O–H groups in total. The number of nitrogens with one attached hydrogen (secondary N) is 1. The van der Waals surface area contributed by atoms with Crippen LogP contribution in [0.15, 0.2) is 28.7 Å². The number of likely N-dealkylation sites (tertiary alicyclic amines) is 1. The molecule has 1 saturated heterocycles. The van der Waals surface area contributed by atoms with Gasteiger partial charge in [-0.3, -0.25) is 14.9 Å². The maximum absolute atomic E-state index is 12.3. The first-order valence-electron chi connectivity index (χ1n) is 7.22. The molecule has 1 fully saturated rings. The van der Waals surface area contributed by atoms with Crippen LogP contribution in [0.4, 0.5) is 5.13 Å². The van der Waals surface area contributed by atoms with Crippen molar-refractivity contribution in [1.29, 1.82) is 0 Å². The Morgan fingerprint density at radius 1 is 1.30 bits per heavy atom. The van der Waals surface area contributed by atoms with Gasteiger partial charge in [0, 0.05) is 23.5 Å². The standard InChI is InChI=1S/C15H15BrN4O2S/c1-9(21)20-8-2-3-12(20)13(22)17-15-19-18-14(23-15)10-4-6-11(16)7-5-10/h4-7,12H,2-3,8H2,1H3,(H,17,19,22). The zero-order valence-electron chi connectivity index (χ0n) is 12.5. The number of halogens is 1. The Morgan fingerprint density at radius 3 is 2.74 bits per heavy atom. The number of anilines is 1. The van der Waals surface area contributed by atoms with Gasteiger partial charge in [0.25, 0.3) is 0 Å². The van der Waals surface area contributed by atoms with Crippen molar-refractivity contribution in [2.24, 2.45) is 0 Å². The van der Waals surface area contributed by atoms with Gasteiger partial charge in [0.15, 0.2) is 0 Å². The second-order valence-electron chi connectivity index (χ2n) is 5.28. The summed E-state index contributed by atoms with van der Waals surface area (Å²) in [7, 11) is 0. The predicted octanol–water partition coefficient (Wildman–Crippen LogP) is 2.92. The van der Waals surface area contributed by atoms with Gasteiger partial charge in [-0.2, -0.15) is 0 Å². The van der Waals surface area contributed by atoms with Crippen LogP contribution in [-0.2, 0) is 9.59 Å². The highest BCUT2D eigenvalue weighted by molar-refractivity contribution is 9.10. The molecule has 0 radical (unpaired) electrons. The summed E-state index contributed by atoms with van der Waals surface area (Å²) in [6.07, 6.45) is 1.53. The number of carbonyl (C=O) groups excluding carboxylic acids is 2. The molecule has 0 aliphatic carbocycles. The maximum Gasteiger partial charge on any atom is 0.249 e. The molecule has 2 heterocycles. The molecule has 1 aliphatic heterocycles. The lowest BCUT2D eigenvalue weighted by atomic mass is 10.2. The molecule has 0 bridgehead atoms. The van der Waals surface area contributed by atoms with Crippen LogP contribution >= 0.6 is 27.3 Å². The number of benzene rings is 1. The SMILES string of the molecule is CC(=O)N1CCCC1C(=O)Nc1nnc(-c2ccc(Br)cc2)s1. The van der Waals surface area contributed by atoms with Crippen molar-refractivity contribution in [1.82, 2.24) is 15.1 Å². The van der Waals surface area contributed by atoms with Crippen LogP contribution in [0.25, 0.3) is 10.6 Å². The molecule has 0 saturated carbocycles. The Morgan fingerprint density at radius 2 is 2.04 bits per heavy atom. The van der Waals surface area contributed by atoms with Crippen LogP contribution in [0.2, 0.25) is 0 Å². The van der Waals surface area contributed by atoms with Crippen molar-refractivity contribution in [3.05, 3.63) is 28.7 Å². The maximum atomic E-state index is 12.3. The minimum absolute atomic E-state index is 0.0736. The van der Waals surface area contributed by atoms with E-state index in [1.165, 1.54) is 18.3 Å². The van der Waals surface area contributed by atoms with E-state index in [9.17, 15) is 9.59 Å². The van der Waals surface area contributed by atoms with E-state index in [2.05, 4.69) is 31.4 Å². The van der Waals surface area contributed by atoms with Crippen molar-refractivity contribution >= 4 is 44.2 Å². The molecule has 6 nitrogen and oxygen atoms in total. The van der Waals surface area contributed by atoms with Crippen LogP contribution in [0.3, 0.4) is 0 Å². The summed E-state index contributed by atoms with van der Waals surface area (Å²) in [4.78, 5) is 25.5. The summed E-state index contributed by atoms with van der Waals surface area (Å²) < 4.78 is 0.991. The van der Waals surface area contributed by atoms with E-state index in [0.29, 0.717) is 18.1 Å². The minimum atomic E-state index is -0.410. The fourth-order valence-corrected chi connectivity index (χ4v) is 3.60. The summed E-state index contributed by atoms with van der Waals surface area (Å²) in [5, 5.41) is 12.1. The summed E-state index contributed by atoms with van der Waals surface area (Å²) in [5.41, 5.74) is 0.942. The highest BCUT2D eigenvalue weighted by Gasteiger charge is 2.32. The zero-order chi connectivity index (χ0) is 16.4. The van der Waals surface area contributed by atoms with Gasteiger partial charge in [-0.15, -0.1) is 10.2 Å². The van der Waals surface area contributed by atoms with E-state index in [0.717, 1.165) is 21.5 Å². The Bertz CT molecular complexity index is 731. The van der Waals surface area contributed by atoms with E-state index in [1.807, 2.05) is 24.3 Å². The van der Waals surface area contributed by atoms with Crippen molar-refractivity contribution in [3.8, 4) is 10.6 Å². The first-order valence-corrected chi connectivity index (χ1v) is 8.83. The van der Waals surface area contributed by atoms with Gasteiger partial charge in [0.1, 0.15) is 11.0 Å². The number of rotatable bonds is 3. The molecule has 1 aliphatic rings. The molecule has 120 valence electrons. The molecule has 1 atom stereocenters. The third-order valence-corrected chi connectivity index (χ3v) is 5.12.